The Bertz CT molecular complexity index is 1270. The van der Waals surface area contributed by atoms with Gasteiger partial charge in [-0.15, -0.1) is 12.4 Å². The van der Waals surface area contributed by atoms with Gasteiger partial charge in [0.2, 0.25) is 10.0 Å². The maximum atomic E-state index is 13.1. The Balaban J connectivity index is 0.00000533. The zero-order chi connectivity index (χ0) is 28.3. The summed E-state index contributed by atoms with van der Waals surface area (Å²) in [6.45, 7) is 8.51. The fourth-order valence-electron chi connectivity index (χ4n) is 4.62. The molecule has 1 atom stereocenters. The number of cyclic esters (lactones) is 1. The van der Waals surface area contributed by atoms with E-state index in [0.717, 1.165) is 17.5 Å². The lowest BCUT2D eigenvalue weighted by Gasteiger charge is -2.42. The number of aromatic hydroxyl groups is 1. The number of fused-ring (bicyclic) bond motifs is 1. The minimum absolute atomic E-state index is 0. The molecule has 39 heavy (non-hydrogen) atoms. The maximum Gasteiger partial charge on any atom is 0.415 e. The maximum absolute atomic E-state index is 13.1. The highest BCUT2D eigenvalue weighted by molar-refractivity contribution is 7.92. The van der Waals surface area contributed by atoms with Crippen LogP contribution in [0.15, 0.2) is 36.4 Å². The number of nitrogens with one attached hydrogen (secondary N) is 2. The molecule has 0 spiro atoms. The third-order valence-corrected chi connectivity index (χ3v) is 7.66. The number of carbonyl (C=O) groups excluding carboxylic acids is 1. The number of hydrogen-bond acceptors (Lipinski definition) is 8. The van der Waals surface area contributed by atoms with Gasteiger partial charge in [-0.05, 0) is 69.0 Å². The normalized spacial score (nSPS) is 15.6. The Labute approximate surface area is 237 Å². The standard InChI is InChI=1S/C27H39N3O7S.ClH/c1-7-27(8-2)20-16-19(36-5)10-11-22(20)30(25(33)37-27)14-13-26(3,4)28-17-24(32)18-9-12-23(31)21(15-18)29-38(6,34)35;/h9-12,15-16,24,28-29,31-32H,7-8,13-14,17H2,1-6H3;1H. The quantitative estimate of drug-likeness (QED) is 0.264. The number of aliphatic hydroxyl groups is 1. The van der Waals surface area contributed by atoms with E-state index >= 15 is 0 Å². The number of sulfonamides is 1. The Hall–Kier alpha value is -2.73. The molecule has 0 bridgehead atoms. The van der Waals surface area contributed by atoms with Crippen LogP contribution in [0.1, 0.15) is 64.2 Å². The van der Waals surface area contributed by atoms with E-state index in [1.54, 1.807) is 12.0 Å². The molecule has 3 rings (SSSR count). The Morgan fingerprint density at radius 2 is 1.82 bits per heavy atom. The monoisotopic (exact) mass is 585 g/mol. The van der Waals surface area contributed by atoms with Gasteiger partial charge < -0.3 is 25.0 Å². The van der Waals surface area contributed by atoms with Crippen molar-refractivity contribution in [2.45, 2.75) is 64.2 Å². The lowest BCUT2D eigenvalue weighted by molar-refractivity contribution is -0.00150. The zero-order valence-electron chi connectivity index (χ0n) is 23.3. The number of phenols is 1. The number of amides is 1. The van der Waals surface area contributed by atoms with Gasteiger partial charge in [-0.1, -0.05) is 19.9 Å². The van der Waals surface area contributed by atoms with Crippen molar-refractivity contribution in [3.8, 4) is 11.5 Å². The van der Waals surface area contributed by atoms with Crippen molar-refractivity contribution >= 4 is 39.9 Å². The summed E-state index contributed by atoms with van der Waals surface area (Å²) in [4.78, 5) is 14.8. The van der Waals surface area contributed by atoms with Gasteiger partial charge in [-0.2, -0.15) is 0 Å². The average Bonchev–Trinajstić information content (AvgIpc) is 2.86. The largest absolute Gasteiger partial charge is 0.506 e. The third kappa shape index (κ3) is 7.69. The van der Waals surface area contributed by atoms with Gasteiger partial charge >= 0.3 is 6.09 Å². The van der Waals surface area contributed by atoms with Crippen LogP contribution in [0.3, 0.4) is 0 Å². The summed E-state index contributed by atoms with van der Waals surface area (Å²) < 4.78 is 36.8. The molecule has 0 aromatic heterocycles. The minimum Gasteiger partial charge on any atom is -0.506 e. The molecule has 0 saturated carbocycles. The average molecular weight is 586 g/mol. The molecule has 0 saturated heterocycles. The molecule has 1 aliphatic rings. The SMILES string of the molecule is CCC1(CC)OC(=O)N(CCC(C)(C)NCC(O)c2ccc(O)c(NS(C)(=O)=O)c2)c2ccc(OC)cc21.Cl. The number of anilines is 2. The summed E-state index contributed by atoms with van der Waals surface area (Å²) >= 11 is 0. The number of halogens is 1. The number of ether oxygens (including phenoxy) is 2. The van der Waals surface area contributed by atoms with Crippen LogP contribution in [0, 0.1) is 0 Å². The fraction of sp³-hybridized carbons (Fsp3) is 0.519. The predicted octanol–water partition coefficient (Wildman–Crippen LogP) is 4.66. The van der Waals surface area contributed by atoms with E-state index in [1.807, 2.05) is 45.9 Å². The minimum atomic E-state index is -3.59. The molecule has 1 heterocycles. The van der Waals surface area contributed by atoms with Crippen molar-refractivity contribution in [1.82, 2.24) is 5.32 Å². The highest BCUT2D eigenvalue weighted by Gasteiger charge is 2.43. The van der Waals surface area contributed by atoms with E-state index in [1.165, 1.54) is 18.2 Å². The molecule has 218 valence electrons. The van der Waals surface area contributed by atoms with Gasteiger partial charge in [0.1, 0.15) is 17.1 Å². The molecular weight excluding hydrogens is 546 g/mol. The first kappa shape index (κ1) is 32.5. The Kier molecular flexibility index (Phi) is 10.5. The summed E-state index contributed by atoms with van der Waals surface area (Å²) in [5.41, 5.74) is 0.991. The fourth-order valence-corrected chi connectivity index (χ4v) is 5.18. The van der Waals surface area contributed by atoms with Crippen LogP contribution >= 0.6 is 12.4 Å². The summed E-state index contributed by atoms with van der Waals surface area (Å²) in [7, 11) is -1.98. The van der Waals surface area contributed by atoms with Crippen molar-refractivity contribution < 1.29 is 32.9 Å². The second-order valence-electron chi connectivity index (χ2n) is 10.3. The van der Waals surface area contributed by atoms with Gasteiger partial charge in [-0.25, -0.2) is 13.2 Å². The number of rotatable bonds is 12. The van der Waals surface area contributed by atoms with Crippen LogP contribution in [-0.4, -0.2) is 56.7 Å². The van der Waals surface area contributed by atoms with E-state index in [0.29, 0.717) is 37.1 Å². The molecule has 0 aliphatic carbocycles. The van der Waals surface area contributed by atoms with E-state index in [-0.39, 0.29) is 30.4 Å². The number of carbonyl (C=O) groups is 1. The molecule has 1 unspecified atom stereocenters. The van der Waals surface area contributed by atoms with Gasteiger partial charge in [0.05, 0.1) is 30.8 Å². The van der Waals surface area contributed by atoms with Gasteiger partial charge in [0.25, 0.3) is 0 Å². The highest BCUT2D eigenvalue weighted by Crippen LogP contribution is 2.45. The number of hydrogen-bond donors (Lipinski definition) is 4. The first-order valence-electron chi connectivity index (χ1n) is 12.7. The number of aliphatic hydroxyl groups excluding tert-OH is 1. The Morgan fingerprint density at radius 3 is 2.41 bits per heavy atom. The second kappa shape index (κ2) is 12.6. The van der Waals surface area contributed by atoms with Crippen molar-refractivity contribution in [2.24, 2.45) is 0 Å². The second-order valence-corrected chi connectivity index (χ2v) is 12.0. The zero-order valence-corrected chi connectivity index (χ0v) is 24.9. The molecule has 1 aliphatic heterocycles. The molecule has 4 N–H and O–H groups in total. The lowest BCUT2D eigenvalue weighted by Crippen LogP contribution is -2.49. The van der Waals surface area contributed by atoms with E-state index in [9.17, 15) is 23.4 Å². The third-order valence-electron chi connectivity index (χ3n) is 7.07. The first-order valence-corrected chi connectivity index (χ1v) is 14.6. The number of benzene rings is 2. The van der Waals surface area contributed by atoms with E-state index in [2.05, 4.69) is 10.0 Å². The molecule has 0 fully saturated rings. The van der Waals surface area contributed by atoms with E-state index < -0.39 is 33.4 Å². The van der Waals surface area contributed by atoms with Gasteiger partial charge in [0.15, 0.2) is 0 Å². The van der Waals surface area contributed by atoms with Crippen molar-refractivity contribution in [2.75, 3.05) is 36.1 Å². The van der Waals surface area contributed by atoms with Crippen LogP contribution in [0.5, 0.6) is 11.5 Å². The van der Waals surface area contributed by atoms with Crippen LogP contribution < -0.4 is 19.7 Å². The summed E-state index contributed by atoms with van der Waals surface area (Å²) in [5.74, 6) is 0.467. The van der Waals surface area contributed by atoms with Crippen LogP contribution in [0.4, 0.5) is 16.2 Å². The van der Waals surface area contributed by atoms with Crippen molar-refractivity contribution in [3.63, 3.8) is 0 Å². The number of β-amino-alcohol motifs (C(OH)–C–C–N with tert-alkyl or cyclic N) is 1. The smallest absolute Gasteiger partial charge is 0.415 e. The summed E-state index contributed by atoms with van der Waals surface area (Å²) in [5, 5.41) is 24.0. The van der Waals surface area contributed by atoms with Crippen LogP contribution in [0.2, 0.25) is 0 Å². The van der Waals surface area contributed by atoms with Gasteiger partial charge in [-0.3, -0.25) is 9.62 Å². The lowest BCUT2D eigenvalue weighted by atomic mass is 9.85. The highest BCUT2D eigenvalue weighted by atomic mass is 35.5. The molecule has 0 radical (unpaired) electrons. The first-order chi connectivity index (χ1) is 17.7. The Morgan fingerprint density at radius 1 is 1.15 bits per heavy atom. The van der Waals surface area contributed by atoms with Gasteiger partial charge in [0, 0.05) is 24.2 Å². The van der Waals surface area contributed by atoms with E-state index in [4.69, 9.17) is 9.47 Å². The predicted molar refractivity (Wildman–Crippen MR) is 155 cm³/mol. The molecule has 1 amide bonds. The summed E-state index contributed by atoms with van der Waals surface area (Å²) in [6.07, 6.45) is 1.48. The summed E-state index contributed by atoms with van der Waals surface area (Å²) in [6, 6.07) is 9.93. The van der Waals surface area contributed by atoms with Crippen molar-refractivity contribution in [3.05, 3.63) is 47.5 Å². The number of methoxy groups -OCH3 is 1. The van der Waals surface area contributed by atoms with Crippen LogP contribution in [-0.2, 0) is 20.4 Å². The number of nitrogens with zero attached hydrogens (tertiary/aromatic N) is 1. The topological polar surface area (TPSA) is 137 Å². The molecule has 10 nitrogen and oxygen atoms in total. The molecule has 2 aromatic carbocycles. The van der Waals surface area contributed by atoms with Crippen LogP contribution in [0.25, 0.3) is 0 Å². The number of phenolic OH excluding ortho intramolecular Hbond substituents is 1. The van der Waals surface area contributed by atoms with Crippen molar-refractivity contribution in [1.29, 1.82) is 0 Å². The molecular formula is C27H40ClN3O7S. The molecule has 12 heteroatoms. The molecule has 2 aromatic rings.